The third-order valence-electron chi connectivity index (χ3n) is 4.20. The van der Waals surface area contributed by atoms with E-state index in [-0.39, 0.29) is 5.56 Å². The molecule has 7 nitrogen and oxygen atoms in total. The number of benzene rings is 2. The normalized spacial score (nSPS) is 20.0. The lowest BCUT2D eigenvalue weighted by Gasteiger charge is -2.28. The van der Waals surface area contributed by atoms with E-state index < -0.39 is 34.1 Å². The molecule has 2 unspecified atom stereocenters. The molecule has 1 heterocycles. The number of nitrogens with one attached hydrogen (secondary N) is 1. The van der Waals surface area contributed by atoms with Crippen LogP contribution in [0.15, 0.2) is 54.6 Å². The van der Waals surface area contributed by atoms with E-state index in [1.54, 1.807) is 18.2 Å². The predicted octanol–water partition coefficient (Wildman–Crippen LogP) is 2.19. The van der Waals surface area contributed by atoms with Crippen LogP contribution >= 0.6 is 0 Å². The van der Waals surface area contributed by atoms with Gasteiger partial charge in [-0.1, -0.05) is 34.8 Å². The van der Waals surface area contributed by atoms with Gasteiger partial charge in [-0.25, -0.2) is 9.11 Å². The van der Waals surface area contributed by atoms with Crippen LogP contribution in [0.3, 0.4) is 0 Å². The summed E-state index contributed by atoms with van der Waals surface area (Å²) in [7, 11) is -3.09. The van der Waals surface area contributed by atoms with Crippen molar-refractivity contribution in [3.63, 3.8) is 0 Å². The molecule has 0 aromatic heterocycles. The van der Waals surface area contributed by atoms with Gasteiger partial charge in [0, 0.05) is 12.2 Å². The minimum absolute atomic E-state index is 0.204. The number of ether oxygens (including phenoxy) is 1. The van der Waals surface area contributed by atoms with E-state index in [1.807, 2.05) is 4.72 Å². The zero-order valence-electron chi connectivity index (χ0n) is 14.5. The number of hydrogen-bond donors (Lipinski definition) is 1. The first kappa shape index (κ1) is 19.4. The Bertz CT molecular complexity index is 890. The first-order valence-corrected chi connectivity index (χ1v) is 9.69. The Labute approximate surface area is 156 Å². The topological polar surface area (TPSA) is 84.9 Å². The van der Waals surface area contributed by atoms with Crippen LogP contribution in [-0.4, -0.2) is 38.6 Å². The lowest BCUT2D eigenvalue weighted by Crippen LogP contribution is -2.48. The van der Waals surface area contributed by atoms with Crippen molar-refractivity contribution in [3.05, 3.63) is 71.5 Å². The molecule has 2 aromatic carbocycles. The number of rotatable bonds is 6. The van der Waals surface area contributed by atoms with Crippen molar-refractivity contribution in [1.29, 1.82) is 0 Å². The third-order valence-corrected chi connectivity index (χ3v) is 5.54. The molecule has 1 saturated heterocycles. The molecule has 9 heteroatoms. The molecule has 1 aliphatic rings. The van der Waals surface area contributed by atoms with Crippen molar-refractivity contribution in [1.82, 2.24) is 9.19 Å². The Morgan fingerprint density at radius 2 is 1.85 bits per heavy atom. The second-order valence-electron chi connectivity index (χ2n) is 5.94. The van der Waals surface area contributed by atoms with Gasteiger partial charge < -0.3 is 4.74 Å². The van der Waals surface area contributed by atoms with Crippen molar-refractivity contribution >= 4 is 16.1 Å². The molecule has 2 aromatic rings. The molecular formula is C18H19FN2O5S. The Hall–Kier alpha value is -2.33. The standard InChI is InChI=1S/C18H19FN2O5S/c1-25-21(27(23,24)20-18(22)14-5-3-2-4-6-14)16-11-12-26-17(16)13-7-9-15(19)10-8-13/h2-10,16-17H,11-12H2,1H3,(H,20,22). The quantitative estimate of drug-likeness (QED) is 0.760. The minimum Gasteiger partial charge on any atom is -0.372 e. The Kier molecular flexibility index (Phi) is 5.85. The van der Waals surface area contributed by atoms with E-state index in [4.69, 9.17) is 9.57 Å². The zero-order chi connectivity index (χ0) is 19.4. The third kappa shape index (κ3) is 4.33. The van der Waals surface area contributed by atoms with Gasteiger partial charge in [-0.05, 0) is 36.2 Å². The predicted molar refractivity (Wildman–Crippen MR) is 95.2 cm³/mol. The molecule has 0 saturated carbocycles. The molecule has 1 amide bonds. The van der Waals surface area contributed by atoms with Crippen molar-refractivity contribution in [3.8, 4) is 0 Å². The van der Waals surface area contributed by atoms with E-state index in [9.17, 15) is 17.6 Å². The number of halogens is 1. The smallest absolute Gasteiger partial charge is 0.326 e. The minimum atomic E-state index is -4.29. The molecule has 27 heavy (non-hydrogen) atoms. The van der Waals surface area contributed by atoms with E-state index in [0.717, 1.165) is 4.47 Å². The summed E-state index contributed by atoms with van der Waals surface area (Å²) in [5, 5.41) is 0. The van der Waals surface area contributed by atoms with E-state index in [2.05, 4.69) is 0 Å². The Morgan fingerprint density at radius 3 is 2.48 bits per heavy atom. The van der Waals surface area contributed by atoms with Crippen LogP contribution < -0.4 is 4.72 Å². The second kappa shape index (κ2) is 8.13. The maximum absolute atomic E-state index is 13.2. The van der Waals surface area contributed by atoms with Gasteiger partial charge in [0.1, 0.15) is 11.9 Å². The van der Waals surface area contributed by atoms with Gasteiger partial charge in [-0.2, -0.15) is 8.42 Å². The second-order valence-corrected chi connectivity index (χ2v) is 7.45. The first-order chi connectivity index (χ1) is 12.9. The summed E-state index contributed by atoms with van der Waals surface area (Å²) in [6.45, 7) is 0.300. The number of hydrogen-bond acceptors (Lipinski definition) is 5. The van der Waals surface area contributed by atoms with Crippen LogP contribution in [0, 0.1) is 5.82 Å². The number of carbonyl (C=O) groups is 1. The Morgan fingerprint density at radius 1 is 1.19 bits per heavy atom. The first-order valence-electron chi connectivity index (χ1n) is 8.25. The van der Waals surface area contributed by atoms with Crippen LogP contribution in [0.25, 0.3) is 0 Å². The fraction of sp³-hybridized carbons (Fsp3) is 0.278. The monoisotopic (exact) mass is 394 g/mol. The summed E-state index contributed by atoms with van der Waals surface area (Å²) in [5.41, 5.74) is 0.820. The van der Waals surface area contributed by atoms with Gasteiger partial charge in [0.15, 0.2) is 0 Å². The van der Waals surface area contributed by atoms with E-state index in [0.29, 0.717) is 18.6 Å². The lowest BCUT2D eigenvalue weighted by atomic mass is 10.0. The van der Waals surface area contributed by atoms with Gasteiger partial charge in [0.2, 0.25) is 0 Å². The van der Waals surface area contributed by atoms with Crippen molar-refractivity contribution in [2.24, 2.45) is 0 Å². The highest BCUT2D eigenvalue weighted by molar-refractivity contribution is 7.87. The highest BCUT2D eigenvalue weighted by Crippen LogP contribution is 2.34. The van der Waals surface area contributed by atoms with Crippen LogP contribution in [0.4, 0.5) is 4.39 Å². The van der Waals surface area contributed by atoms with Gasteiger partial charge in [0.05, 0.1) is 13.2 Å². The Balaban J connectivity index is 1.81. The maximum atomic E-state index is 13.2. The molecule has 0 radical (unpaired) electrons. The van der Waals surface area contributed by atoms with Gasteiger partial charge in [0.25, 0.3) is 5.91 Å². The van der Waals surface area contributed by atoms with Crippen LogP contribution in [0.1, 0.15) is 28.4 Å². The largest absolute Gasteiger partial charge is 0.372 e. The highest BCUT2D eigenvalue weighted by Gasteiger charge is 2.41. The number of carbonyl (C=O) groups excluding carboxylic acids is 1. The molecule has 0 spiro atoms. The van der Waals surface area contributed by atoms with Crippen LogP contribution in [0.2, 0.25) is 0 Å². The summed E-state index contributed by atoms with van der Waals surface area (Å²) >= 11 is 0. The van der Waals surface area contributed by atoms with Gasteiger partial charge in [-0.15, -0.1) is 0 Å². The van der Waals surface area contributed by atoms with Gasteiger partial charge in [-0.3, -0.25) is 9.63 Å². The summed E-state index contributed by atoms with van der Waals surface area (Å²) in [5.74, 6) is -1.17. The molecule has 2 atom stereocenters. The fourth-order valence-electron chi connectivity index (χ4n) is 2.99. The molecule has 0 bridgehead atoms. The molecule has 144 valence electrons. The average Bonchev–Trinajstić information content (AvgIpc) is 3.12. The number of nitrogens with zero attached hydrogens (tertiary/aromatic N) is 1. The lowest BCUT2D eigenvalue weighted by molar-refractivity contribution is -0.0984. The average molecular weight is 394 g/mol. The molecule has 0 aliphatic carbocycles. The van der Waals surface area contributed by atoms with Crippen LogP contribution in [-0.2, 0) is 19.8 Å². The van der Waals surface area contributed by atoms with Crippen molar-refractivity contribution in [2.75, 3.05) is 13.7 Å². The van der Waals surface area contributed by atoms with E-state index in [1.165, 1.54) is 43.5 Å². The maximum Gasteiger partial charge on any atom is 0.326 e. The fourth-order valence-corrected chi connectivity index (χ4v) is 4.20. The molecule has 1 N–H and O–H groups in total. The molecular weight excluding hydrogens is 375 g/mol. The van der Waals surface area contributed by atoms with Crippen LogP contribution in [0.5, 0.6) is 0 Å². The summed E-state index contributed by atoms with van der Waals surface area (Å²) in [4.78, 5) is 17.3. The zero-order valence-corrected chi connectivity index (χ0v) is 15.4. The number of amides is 1. The van der Waals surface area contributed by atoms with Crippen molar-refractivity contribution in [2.45, 2.75) is 18.6 Å². The summed E-state index contributed by atoms with van der Waals surface area (Å²) < 4.78 is 47.0. The SMILES string of the molecule is CON(C1CCOC1c1ccc(F)cc1)S(=O)(=O)NC(=O)c1ccccc1. The number of hydroxylamine groups is 1. The molecule has 1 aliphatic heterocycles. The molecule has 1 fully saturated rings. The van der Waals surface area contributed by atoms with E-state index >= 15 is 0 Å². The summed E-state index contributed by atoms with van der Waals surface area (Å²) in [6, 6.07) is 12.9. The molecule has 3 rings (SSSR count). The highest BCUT2D eigenvalue weighted by atomic mass is 32.2. The summed E-state index contributed by atoms with van der Waals surface area (Å²) in [6.07, 6.45) is -0.287. The van der Waals surface area contributed by atoms with Gasteiger partial charge >= 0.3 is 10.2 Å². The van der Waals surface area contributed by atoms with Crippen molar-refractivity contribution < 1.29 is 27.2 Å².